The Balaban J connectivity index is 1.70. The summed E-state index contributed by atoms with van der Waals surface area (Å²) in [5.74, 6) is -0.438. The number of pyridine rings is 1. The van der Waals surface area contributed by atoms with Crippen molar-refractivity contribution in [1.82, 2.24) is 10.3 Å². The molecule has 0 spiro atoms. The van der Waals surface area contributed by atoms with Gasteiger partial charge in [0.2, 0.25) is 0 Å². The Kier molecular flexibility index (Phi) is 6.31. The summed E-state index contributed by atoms with van der Waals surface area (Å²) >= 11 is 0. The lowest BCUT2D eigenvalue weighted by molar-refractivity contribution is 0.0696. The molecule has 3 aromatic rings. The number of carbonyl (C=O) groups is 2. The Bertz CT molecular complexity index is 1100. The van der Waals surface area contributed by atoms with Crippen LogP contribution in [0, 0.1) is 12.8 Å². The number of carboxylic acid groups (broad SMARTS) is 1. The van der Waals surface area contributed by atoms with Gasteiger partial charge in [0.25, 0.3) is 5.91 Å². The van der Waals surface area contributed by atoms with E-state index in [9.17, 15) is 14.7 Å². The van der Waals surface area contributed by atoms with Crippen LogP contribution < -0.4 is 5.32 Å². The smallest absolute Gasteiger partial charge is 0.335 e. The molecule has 0 saturated heterocycles. The molecule has 0 bridgehead atoms. The predicted molar refractivity (Wildman–Crippen MR) is 122 cm³/mol. The fourth-order valence-electron chi connectivity index (χ4n) is 4.62. The lowest BCUT2D eigenvalue weighted by Crippen LogP contribution is -2.27. The average Bonchev–Trinajstić information content (AvgIpc) is 2.79. The molecular weight excluding hydrogens is 388 g/mol. The van der Waals surface area contributed by atoms with E-state index in [4.69, 9.17) is 4.98 Å². The van der Waals surface area contributed by atoms with Gasteiger partial charge in [0, 0.05) is 17.5 Å². The summed E-state index contributed by atoms with van der Waals surface area (Å²) in [6.45, 7) is 2.57. The summed E-state index contributed by atoms with van der Waals surface area (Å²) in [7, 11) is 0. The summed E-state index contributed by atoms with van der Waals surface area (Å²) in [5.41, 5.74) is 3.65. The highest BCUT2D eigenvalue weighted by molar-refractivity contribution is 6.09. The normalized spacial score (nSPS) is 14.5. The zero-order valence-electron chi connectivity index (χ0n) is 17.9. The van der Waals surface area contributed by atoms with E-state index in [1.807, 2.05) is 37.3 Å². The number of nitrogens with one attached hydrogen (secondary N) is 1. The second-order valence-corrected chi connectivity index (χ2v) is 8.41. The van der Waals surface area contributed by atoms with Crippen molar-refractivity contribution >= 4 is 22.8 Å². The zero-order chi connectivity index (χ0) is 21.8. The molecule has 2 N–H and O–H groups in total. The third-order valence-corrected chi connectivity index (χ3v) is 6.31. The molecule has 1 heterocycles. The topological polar surface area (TPSA) is 79.3 Å². The number of amides is 1. The Morgan fingerprint density at radius 2 is 1.81 bits per heavy atom. The van der Waals surface area contributed by atoms with E-state index in [0.29, 0.717) is 34.6 Å². The van der Waals surface area contributed by atoms with Gasteiger partial charge in [0.05, 0.1) is 22.3 Å². The van der Waals surface area contributed by atoms with Crippen LogP contribution in [0.1, 0.15) is 64.8 Å². The van der Waals surface area contributed by atoms with Crippen LogP contribution in [0.5, 0.6) is 0 Å². The highest BCUT2D eigenvalue weighted by atomic mass is 16.4. The maximum absolute atomic E-state index is 13.3. The van der Waals surface area contributed by atoms with Gasteiger partial charge in [-0.05, 0) is 37.0 Å². The van der Waals surface area contributed by atoms with Gasteiger partial charge < -0.3 is 10.4 Å². The minimum Gasteiger partial charge on any atom is -0.478 e. The van der Waals surface area contributed by atoms with Crippen molar-refractivity contribution in [3.63, 3.8) is 0 Å². The van der Waals surface area contributed by atoms with Crippen LogP contribution in [0.3, 0.4) is 0 Å². The predicted octanol–water partition coefficient (Wildman–Crippen LogP) is 5.61. The van der Waals surface area contributed by atoms with Crippen molar-refractivity contribution in [1.29, 1.82) is 0 Å². The van der Waals surface area contributed by atoms with Gasteiger partial charge >= 0.3 is 5.97 Å². The van der Waals surface area contributed by atoms with E-state index in [0.717, 1.165) is 17.5 Å². The fourth-order valence-corrected chi connectivity index (χ4v) is 4.62. The molecule has 0 unspecified atom stereocenters. The molecule has 5 nitrogen and oxygen atoms in total. The van der Waals surface area contributed by atoms with Crippen LogP contribution in [-0.2, 0) is 0 Å². The first-order valence-electron chi connectivity index (χ1n) is 11.1. The maximum atomic E-state index is 13.3. The molecule has 31 heavy (non-hydrogen) atoms. The van der Waals surface area contributed by atoms with Crippen molar-refractivity contribution in [3.05, 3.63) is 65.2 Å². The number of hydrogen-bond acceptors (Lipinski definition) is 3. The summed E-state index contributed by atoms with van der Waals surface area (Å²) in [5, 5.41) is 13.2. The monoisotopic (exact) mass is 416 g/mol. The summed E-state index contributed by atoms with van der Waals surface area (Å²) < 4.78 is 0. The van der Waals surface area contributed by atoms with Crippen molar-refractivity contribution in [3.8, 4) is 11.3 Å². The first-order chi connectivity index (χ1) is 15.0. The molecule has 1 aromatic heterocycles. The van der Waals surface area contributed by atoms with Gasteiger partial charge in [-0.25, -0.2) is 9.78 Å². The lowest BCUT2D eigenvalue weighted by Gasteiger charge is -2.21. The number of rotatable bonds is 6. The summed E-state index contributed by atoms with van der Waals surface area (Å²) in [4.78, 5) is 29.5. The van der Waals surface area contributed by atoms with E-state index in [1.165, 1.54) is 38.2 Å². The van der Waals surface area contributed by atoms with Crippen LogP contribution in [0.15, 0.2) is 48.5 Å². The van der Waals surface area contributed by atoms with Crippen LogP contribution in [0.25, 0.3) is 22.2 Å². The number of hydrogen-bond donors (Lipinski definition) is 2. The third kappa shape index (κ3) is 4.61. The zero-order valence-corrected chi connectivity index (χ0v) is 17.9. The SMILES string of the molecule is Cc1c(-c2ccccc2)nc2cc(C(=O)O)ccc2c1C(=O)NCCC1CCCCC1. The number of carbonyl (C=O) groups excluding carboxylic acids is 1. The maximum Gasteiger partial charge on any atom is 0.335 e. The largest absolute Gasteiger partial charge is 0.478 e. The van der Waals surface area contributed by atoms with Crippen LogP contribution in [-0.4, -0.2) is 28.5 Å². The molecule has 1 amide bonds. The highest BCUT2D eigenvalue weighted by Crippen LogP contribution is 2.30. The second-order valence-electron chi connectivity index (χ2n) is 8.41. The fraction of sp³-hybridized carbons (Fsp3) is 0.346. The van der Waals surface area contributed by atoms with Gasteiger partial charge in [0.15, 0.2) is 0 Å². The van der Waals surface area contributed by atoms with Gasteiger partial charge in [-0.1, -0.05) is 68.5 Å². The number of carboxylic acids is 1. The van der Waals surface area contributed by atoms with Crippen molar-refractivity contribution in [2.75, 3.05) is 6.54 Å². The van der Waals surface area contributed by atoms with Crippen molar-refractivity contribution in [2.45, 2.75) is 45.4 Å². The van der Waals surface area contributed by atoms with Gasteiger partial charge in [-0.3, -0.25) is 4.79 Å². The molecule has 1 saturated carbocycles. The Labute approximate surface area is 182 Å². The molecule has 1 fully saturated rings. The third-order valence-electron chi connectivity index (χ3n) is 6.31. The molecule has 0 radical (unpaired) electrons. The van der Waals surface area contributed by atoms with Crippen LogP contribution in [0.2, 0.25) is 0 Å². The number of fused-ring (bicyclic) bond motifs is 1. The van der Waals surface area contributed by atoms with Gasteiger partial charge in [-0.15, -0.1) is 0 Å². The lowest BCUT2D eigenvalue weighted by atomic mass is 9.87. The van der Waals surface area contributed by atoms with E-state index < -0.39 is 5.97 Å². The number of aromatic nitrogens is 1. The van der Waals surface area contributed by atoms with E-state index in [-0.39, 0.29) is 11.5 Å². The average molecular weight is 417 g/mol. The molecule has 160 valence electrons. The first-order valence-corrected chi connectivity index (χ1v) is 11.1. The Hall–Kier alpha value is -3.21. The minimum absolute atomic E-state index is 0.124. The van der Waals surface area contributed by atoms with Crippen molar-refractivity contribution < 1.29 is 14.7 Å². The molecule has 2 aromatic carbocycles. The Morgan fingerprint density at radius 1 is 1.06 bits per heavy atom. The molecular formula is C26H28N2O3. The van der Waals surface area contributed by atoms with Crippen LogP contribution in [0.4, 0.5) is 0 Å². The Morgan fingerprint density at radius 3 is 2.52 bits per heavy atom. The quantitative estimate of drug-likeness (QED) is 0.547. The first kappa shape index (κ1) is 21.0. The summed E-state index contributed by atoms with van der Waals surface area (Å²) in [6, 6.07) is 14.5. The molecule has 1 aliphatic carbocycles. The standard InChI is InChI=1S/C26H28N2O3/c1-17-23(25(29)27-15-14-18-8-4-2-5-9-18)21-13-12-20(26(30)31)16-22(21)28-24(17)19-10-6-3-7-11-19/h3,6-7,10-13,16,18H,2,4-5,8-9,14-15H2,1H3,(H,27,29)(H,30,31). The molecule has 4 rings (SSSR count). The molecule has 0 atom stereocenters. The van der Waals surface area contributed by atoms with Crippen LogP contribution >= 0.6 is 0 Å². The number of benzene rings is 2. The van der Waals surface area contributed by atoms with E-state index >= 15 is 0 Å². The van der Waals surface area contributed by atoms with Crippen molar-refractivity contribution in [2.24, 2.45) is 5.92 Å². The molecule has 0 aliphatic heterocycles. The molecule has 5 heteroatoms. The van der Waals surface area contributed by atoms with Gasteiger partial charge in [-0.2, -0.15) is 0 Å². The number of aromatic carboxylic acids is 1. The number of nitrogens with zero attached hydrogens (tertiary/aromatic N) is 1. The molecule has 1 aliphatic rings. The van der Waals surface area contributed by atoms with Gasteiger partial charge in [0.1, 0.15) is 0 Å². The second kappa shape index (κ2) is 9.29. The minimum atomic E-state index is -1.01. The van der Waals surface area contributed by atoms with E-state index in [2.05, 4.69) is 5.32 Å². The summed E-state index contributed by atoms with van der Waals surface area (Å²) in [6.07, 6.45) is 7.42. The van der Waals surface area contributed by atoms with E-state index in [1.54, 1.807) is 12.1 Å². The highest BCUT2D eigenvalue weighted by Gasteiger charge is 2.20.